The first-order chi connectivity index (χ1) is 19.5. The molecular weight excluding hydrogens is 534 g/mol. The molecule has 41 heavy (non-hydrogen) atoms. The van der Waals surface area contributed by atoms with Crippen molar-refractivity contribution in [1.82, 2.24) is 5.32 Å². The van der Waals surface area contributed by atoms with Crippen LogP contribution >= 0.6 is 0 Å². The summed E-state index contributed by atoms with van der Waals surface area (Å²) >= 11 is 0. The number of nitrogen functional groups attached to an aromatic ring is 1. The second kappa shape index (κ2) is 15.0. The van der Waals surface area contributed by atoms with Gasteiger partial charge in [-0.15, -0.1) is 0 Å². The number of ether oxygens (including phenoxy) is 4. The summed E-state index contributed by atoms with van der Waals surface area (Å²) in [7, 11) is 0. The van der Waals surface area contributed by atoms with Crippen LogP contribution in [0.25, 0.3) is 6.08 Å². The summed E-state index contributed by atoms with van der Waals surface area (Å²) in [4.78, 5) is 63.7. The van der Waals surface area contributed by atoms with Gasteiger partial charge in [0.1, 0.15) is 11.6 Å². The van der Waals surface area contributed by atoms with Crippen molar-refractivity contribution in [3.63, 3.8) is 0 Å². The molecule has 1 amide bonds. The highest BCUT2D eigenvalue weighted by Crippen LogP contribution is 2.20. The standard InChI is InChI=1S/C29H33N3O9/c1-5-38-23(33)17-29(27(36)39-6-2,28(37)40-7-3)32-25(34)18(4)16-19-8-10-21(11-9-19)26(35)41-22-14-12-20(13-15-22)24(30)31/h8-16H,5-7,17H2,1-4H3,(H3,30,31)(H,32,34)/b18-16+. The van der Waals surface area contributed by atoms with E-state index in [1.54, 1.807) is 31.2 Å². The van der Waals surface area contributed by atoms with Gasteiger partial charge in [0.05, 0.1) is 31.8 Å². The zero-order chi connectivity index (χ0) is 30.6. The van der Waals surface area contributed by atoms with Gasteiger partial charge in [0.2, 0.25) is 11.4 Å². The Morgan fingerprint density at radius 2 is 1.34 bits per heavy atom. The zero-order valence-electron chi connectivity index (χ0n) is 23.3. The molecule has 218 valence electrons. The van der Waals surface area contributed by atoms with Crippen molar-refractivity contribution in [3.05, 3.63) is 70.8 Å². The molecule has 2 rings (SSSR count). The van der Waals surface area contributed by atoms with E-state index >= 15 is 0 Å². The number of benzene rings is 2. The maximum absolute atomic E-state index is 13.1. The molecule has 12 heteroatoms. The third-order valence-corrected chi connectivity index (χ3v) is 5.55. The van der Waals surface area contributed by atoms with Crippen molar-refractivity contribution in [2.24, 2.45) is 5.73 Å². The molecule has 0 saturated carbocycles. The smallest absolute Gasteiger partial charge is 0.344 e. The number of esters is 4. The number of nitrogens with two attached hydrogens (primary N) is 1. The van der Waals surface area contributed by atoms with Gasteiger partial charge in [-0.2, -0.15) is 0 Å². The van der Waals surface area contributed by atoms with E-state index in [0.717, 1.165) is 0 Å². The van der Waals surface area contributed by atoms with Crippen molar-refractivity contribution < 1.29 is 42.9 Å². The van der Waals surface area contributed by atoms with E-state index in [9.17, 15) is 24.0 Å². The van der Waals surface area contributed by atoms with Gasteiger partial charge in [0, 0.05) is 11.1 Å². The van der Waals surface area contributed by atoms with Gasteiger partial charge in [-0.1, -0.05) is 12.1 Å². The van der Waals surface area contributed by atoms with E-state index in [1.807, 2.05) is 0 Å². The molecule has 4 N–H and O–H groups in total. The predicted molar refractivity (Wildman–Crippen MR) is 148 cm³/mol. The predicted octanol–water partition coefficient (Wildman–Crippen LogP) is 2.53. The third kappa shape index (κ3) is 8.75. The van der Waals surface area contributed by atoms with Crippen molar-refractivity contribution in [3.8, 4) is 5.75 Å². The zero-order valence-corrected chi connectivity index (χ0v) is 23.3. The largest absolute Gasteiger partial charge is 0.466 e. The van der Waals surface area contributed by atoms with Gasteiger partial charge < -0.3 is 30.0 Å². The Bertz CT molecular complexity index is 1300. The van der Waals surface area contributed by atoms with Gasteiger partial charge >= 0.3 is 23.9 Å². The van der Waals surface area contributed by atoms with Crippen LogP contribution in [0.5, 0.6) is 5.75 Å². The summed E-state index contributed by atoms with van der Waals surface area (Å²) in [6, 6.07) is 12.3. The number of carbonyl (C=O) groups excluding carboxylic acids is 5. The van der Waals surface area contributed by atoms with E-state index < -0.39 is 41.7 Å². The van der Waals surface area contributed by atoms with E-state index in [-0.39, 0.29) is 42.5 Å². The molecular formula is C29H33N3O9. The van der Waals surface area contributed by atoms with Crippen molar-refractivity contribution in [1.29, 1.82) is 5.41 Å². The number of amides is 1. The summed E-state index contributed by atoms with van der Waals surface area (Å²) in [6.45, 7) is 5.76. The Morgan fingerprint density at radius 3 is 1.83 bits per heavy atom. The molecule has 0 aromatic heterocycles. The van der Waals surface area contributed by atoms with Gasteiger partial charge in [0.25, 0.3) is 0 Å². The minimum absolute atomic E-state index is 0.0108. The molecule has 2 aromatic rings. The molecule has 0 aliphatic carbocycles. The monoisotopic (exact) mass is 567 g/mol. The Kier molecular flexibility index (Phi) is 11.8. The van der Waals surface area contributed by atoms with Crippen LogP contribution in [-0.2, 0) is 33.4 Å². The van der Waals surface area contributed by atoms with Crippen molar-refractivity contribution in [2.45, 2.75) is 39.7 Å². The number of carbonyl (C=O) groups is 5. The van der Waals surface area contributed by atoms with Crippen molar-refractivity contribution in [2.75, 3.05) is 19.8 Å². The summed E-state index contributed by atoms with van der Waals surface area (Å²) in [6.07, 6.45) is 0.627. The molecule has 2 aromatic carbocycles. The molecule has 0 bridgehead atoms. The van der Waals surface area contributed by atoms with Gasteiger partial charge in [-0.25, -0.2) is 14.4 Å². The lowest BCUT2D eigenvalue weighted by Crippen LogP contribution is -2.62. The first kappa shape index (κ1) is 32.2. The summed E-state index contributed by atoms with van der Waals surface area (Å²) in [5.74, 6) is -4.54. The molecule has 0 atom stereocenters. The maximum Gasteiger partial charge on any atom is 0.344 e. The number of amidine groups is 1. The van der Waals surface area contributed by atoms with E-state index in [1.165, 1.54) is 51.1 Å². The number of hydrogen-bond donors (Lipinski definition) is 3. The number of nitrogens with one attached hydrogen (secondary N) is 2. The number of rotatable bonds is 13. The second-order valence-corrected chi connectivity index (χ2v) is 8.56. The highest BCUT2D eigenvalue weighted by molar-refractivity contribution is 6.12. The van der Waals surface area contributed by atoms with Crippen LogP contribution in [0.1, 0.15) is 55.6 Å². The summed E-state index contributed by atoms with van der Waals surface area (Å²) < 4.78 is 20.2. The fourth-order valence-electron chi connectivity index (χ4n) is 3.50. The Labute approximate surface area is 237 Å². The average Bonchev–Trinajstić information content (AvgIpc) is 2.93. The molecule has 0 spiro atoms. The molecule has 0 fully saturated rings. The van der Waals surface area contributed by atoms with Crippen LogP contribution in [0.15, 0.2) is 54.1 Å². The van der Waals surface area contributed by atoms with Crippen LogP contribution in [0.4, 0.5) is 0 Å². The van der Waals surface area contributed by atoms with E-state index in [0.29, 0.717) is 11.1 Å². The number of hydrogen-bond acceptors (Lipinski definition) is 10. The Morgan fingerprint density at radius 1 is 0.829 bits per heavy atom. The summed E-state index contributed by atoms with van der Waals surface area (Å²) in [5.41, 5.74) is 4.28. The average molecular weight is 568 g/mol. The minimum atomic E-state index is -2.46. The quantitative estimate of drug-likeness (QED) is 0.0618. The first-order valence-corrected chi connectivity index (χ1v) is 12.7. The minimum Gasteiger partial charge on any atom is -0.466 e. The molecule has 0 radical (unpaired) electrons. The van der Waals surface area contributed by atoms with Gasteiger partial charge in [-0.3, -0.25) is 15.0 Å². The van der Waals surface area contributed by atoms with Crippen LogP contribution in [0, 0.1) is 5.41 Å². The first-order valence-electron chi connectivity index (χ1n) is 12.7. The topological polar surface area (TPSA) is 184 Å². The highest BCUT2D eigenvalue weighted by Gasteiger charge is 2.52. The van der Waals surface area contributed by atoms with Crippen LogP contribution in [0.3, 0.4) is 0 Å². The fraction of sp³-hybridized carbons (Fsp3) is 0.310. The fourth-order valence-corrected chi connectivity index (χ4v) is 3.50. The normalized spacial score (nSPS) is 11.2. The van der Waals surface area contributed by atoms with Crippen LogP contribution in [-0.4, -0.2) is 61.0 Å². The highest BCUT2D eigenvalue weighted by atomic mass is 16.6. The Balaban J connectivity index is 2.24. The molecule has 0 aliphatic rings. The lowest BCUT2D eigenvalue weighted by molar-refractivity contribution is -0.172. The third-order valence-electron chi connectivity index (χ3n) is 5.55. The molecule has 0 unspecified atom stereocenters. The Hall–Kier alpha value is -5.00. The van der Waals surface area contributed by atoms with E-state index in [2.05, 4.69) is 5.32 Å². The second-order valence-electron chi connectivity index (χ2n) is 8.56. The van der Waals surface area contributed by atoms with Crippen LogP contribution < -0.4 is 15.8 Å². The molecule has 0 aliphatic heterocycles. The van der Waals surface area contributed by atoms with Gasteiger partial charge in [-0.05, 0) is 75.7 Å². The molecule has 0 heterocycles. The lowest BCUT2D eigenvalue weighted by atomic mass is 9.94. The summed E-state index contributed by atoms with van der Waals surface area (Å²) in [5, 5.41) is 9.74. The SMILES string of the molecule is CCOC(=O)CC(NC(=O)/C(C)=C/c1ccc(C(=O)Oc2ccc(C(=N)N)cc2)cc1)(C(=O)OCC)C(=O)OCC. The maximum atomic E-state index is 13.1. The molecule has 12 nitrogen and oxygen atoms in total. The molecule has 0 saturated heterocycles. The van der Waals surface area contributed by atoms with Crippen molar-refractivity contribution >= 4 is 41.7 Å². The van der Waals surface area contributed by atoms with E-state index in [4.69, 9.17) is 30.1 Å². The van der Waals surface area contributed by atoms with Crippen LogP contribution in [0.2, 0.25) is 0 Å². The van der Waals surface area contributed by atoms with Gasteiger partial charge in [0.15, 0.2) is 0 Å². The lowest BCUT2D eigenvalue weighted by Gasteiger charge is -2.29.